The number of rotatable bonds is 1. The molecule has 0 fully saturated rings. The van der Waals surface area contributed by atoms with E-state index >= 15 is 0 Å². The van der Waals surface area contributed by atoms with Gasteiger partial charge in [0, 0.05) is 5.56 Å². The zero-order valence-corrected chi connectivity index (χ0v) is 8.32. The Morgan fingerprint density at radius 3 is 1.92 bits per heavy atom. The summed E-state index contributed by atoms with van der Waals surface area (Å²) in [5.41, 5.74) is -0.688. The van der Waals surface area contributed by atoms with Crippen LogP contribution in [-0.4, -0.2) is 0 Å². The van der Waals surface area contributed by atoms with Gasteiger partial charge in [0.1, 0.15) is 5.82 Å². The van der Waals surface area contributed by atoms with Gasteiger partial charge in [-0.3, -0.25) is 0 Å². The van der Waals surface area contributed by atoms with Gasteiger partial charge >= 0.3 is 0 Å². The van der Waals surface area contributed by atoms with Gasteiger partial charge in [0.25, 0.3) is 0 Å². The van der Waals surface area contributed by atoms with Crippen molar-refractivity contribution in [2.75, 3.05) is 0 Å². The first kappa shape index (κ1) is 10.8. The van der Waals surface area contributed by atoms with Crippen LogP contribution < -0.4 is 0 Å². The Bertz CT molecular complexity index is 324. The summed E-state index contributed by atoms with van der Waals surface area (Å²) in [5.74, 6) is -6.69. The van der Waals surface area contributed by atoms with E-state index in [0.29, 0.717) is 0 Å². The van der Waals surface area contributed by atoms with Crippen molar-refractivity contribution >= 4 is 27.5 Å². The minimum atomic E-state index is -1.73. The summed E-state index contributed by atoms with van der Waals surface area (Å²) in [6.07, 6.45) is 0. The van der Waals surface area contributed by atoms with Crippen LogP contribution in [0.4, 0.5) is 17.6 Å². The fraction of sp³-hybridized carbons (Fsp3) is 0.143. The fourth-order valence-corrected chi connectivity index (χ4v) is 1.42. The summed E-state index contributed by atoms with van der Waals surface area (Å²) in [5, 5.41) is 0. The van der Waals surface area contributed by atoms with E-state index in [2.05, 4.69) is 15.9 Å². The van der Waals surface area contributed by atoms with Crippen molar-refractivity contribution < 1.29 is 17.6 Å². The molecule has 0 amide bonds. The molecule has 0 heterocycles. The Labute approximate surface area is 84.6 Å². The van der Waals surface area contributed by atoms with Gasteiger partial charge in [-0.25, -0.2) is 17.6 Å². The number of halogens is 6. The van der Waals surface area contributed by atoms with Crippen LogP contribution >= 0.6 is 27.5 Å². The zero-order valence-electron chi connectivity index (χ0n) is 5.97. The summed E-state index contributed by atoms with van der Waals surface area (Å²) in [6.45, 7) is 0. The Hall–Kier alpha value is -0.290. The van der Waals surface area contributed by atoms with E-state index in [9.17, 15) is 17.6 Å². The van der Waals surface area contributed by atoms with Gasteiger partial charge in [-0.15, -0.1) is 11.6 Å². The third-order valence-corrected chi connectivity index (χ3v) is 2.40. The highest BCUT2D eigenvalue weighted by atomic mass is 79.9. The predicted octanol–water partition coefficient (Wildman–Crippen LogP) is 3.74. The first-order valence-corrected chi connectivity index (χ1v) is 4.39. The van der Waals surface area contributed by atoms with Gasteiger partial charge in [-0.2, -0.15) is 0 Å². The molecule has 0 aliphatic carbocycles. The van der Waals surface area contributed by atoms with Crippen molar-refractivity contribution in [3.8, 4) is 0 Å². The molecule has 0 atom stereocenters. The molecule has 13 heavy (non-hydrogen) atoms. The summed E-state index contributed by atoms with van der Waals surface area (Å²) in [7, 11) is 0. The summed E-state index contributed by atoms with van der Waals surface area (Å²) < 4.78 is 50.2. The van der Waals surface area contributed by atoms with E-state index in [4.69, 9.17) is 11.6 Å². The summed E-state index contributed by atoms with van der Waals surface area (Å²) >= 11 is 7.58. The molecule has 72 valence electrons. The number of alkyl halides is 1. The van der Waals surface area contributed by atoms with Crippen LogP contribution in [0.15, 0.2) is 4.47 Å². The monoisotopic (exact) mass is 276 g/mol. The smallest absolute Gasteiger partial charge is 0.196 e. The Morgan fingerprint density at radius 1 is 0.923 bits per heavy atom. The Morgan fingerprint density at radius 2 is 1.46 bits per heavy atom. The highest BCUT2D eigenvalue weighted by Gasteiger charge is 2.22. The topological polar surface area (TPSA) is 0 Å². The predicted molar refractivity (Wildman–Crippen MR) is 43.5 cm³/mol. The summed E-state index contributed by atoms with van der Waals surface area (Å²) in [6, 6.07) is 0. The molecule has 0 aromatic heterocycles. The van der Waals surface area contributed by atoms with E-state index < -0.39 is 39.2 Å². The minimum Gasteiger partial charge on any atom is -0.205 e. The molecule has 0 bridgehead atoms. The third-order valence-electron chi connectivity index (χ3n) is 1.43. The van der Waals surface area contributed by atoms with Crippen molar-refractivity contribution in [1.29, 1.82) is 0 Å². The molecule has 1 rings (SSSR count). The lowest BCUT2D eigenvalue weighted by molar-refractivity contribution is 0.423. The van der Waals surface area contributed by atoms with Crippen LogP contribution in [0.3, 0.4) is 0 Å². The second kappa shape index (κ2) is 3.84. The second-order valence-electron chi connectivity index (χ2n) is 2.18. The van der Waals surface area contributed by atoms with Crippen LogP contribution in [-0.2, 0) is 5.88 Å². The van der Waals surface area contributed by atoms with E-state index in [1.54, 1.807) is 0 Å². The van der Waals surface area contributed by atoms with Crippen LogP contribution in [0.2, 0.25) is 0 Å². The van der Waals surface area contributed by atoms with E-state index in [1.807, 2.05) is 0 Å². The molecule has 0 aliphatic rings. The van der Waals surface area contributed by atoms with Crippen molar-refractivity contribution in [2.24, 2.45) is 0 Å². The quantitative estimate of drug-likeness (QED) is 0.317. The summed E-state index contributed by atoms with van der Waals surface area (Å²) in [4.78, 5) is 0. The molecule has 0 radical (unpaired) electrons. The molecule has 0 saturated heterocycles. The molecule has 6 heteroatoms. The first-order valence-electron chi connectivity index (χ1n) is 3.07. The van der Waals surface area contributed by atoms with Crippen molar-refractivity contribution in [2.45, 2.75) is 5.88 Å². The average Bonchev–Trinajstić information content (AvgIpc) is 2.13. The van der Waals surface area contributed by atoms with Gasteiger partial charge < -0.3 is 0 Å². The lowest BCUT2D eigenvalue weighted by Gasteiger charge is -2.05. The highest BCUT2D eigenvalue weighted by Crippen LogP contribution is 2.28. The Kier molecular flexibility index (Phi) is 3.18. The fourth-order valence-electron chi connectivity index (χ4n) is 0.768. The van der Waals surface area contributed by atoms with E-state index in [1.165, 1.54) is 0 Å². The van der Waals surface area contributed by atoms with Crippen LogP contribution in [0.5, 0.6) is 0 Å². The molecule has 1 aromatic carbocycles. The Balaban J connectivity index is 3.56. The molecule has 0 spiro atoms. The maximum Gasteiger partial charge on any atom is 0.196 e. The lowest BCUT2D eigenvalue weighted by Crippen LogP contribution is -2.02. The van der Waals surface area contributed by atoms with Crippen molar-refractivity contribution in [1.82, 2.24) is 0 Å². The molecule has 1 aromatic rings. The van der Waals surface area contributed by atoms with E-state index in [0.717, 1.165) is 0 Å². The lowest BCUT2D eigenvalue weighted by atomic mass is 10.2. The van der Waals surface area contributed by atoms with Crippen molar-refractivity contribution in [3.63, 3.8) is 0 Å². The van der Waals surface area contributed by atoms with Crippen LogP contribution in [0.25, 0.3) is 0 Å². The zero-order chi connectivity index (χ0) is 10.2. The number of benzene rings is 1. The molecule has 0 unspecified atom stereocenters. The standard InChI is InChI=1S/C7H2BrClF4/c8-3-4(10)2(1-9)5(11)7(13)6(3)12/h1H2. The first-order chi connectivity index (χ1) is 6.00. The molecular weight excluding hydrogens is 275 g/mol. The number of hydrogen-bond acceptors (Lipinski definition) is 0. The molecular formula is C7H2BrClF4. The average molecular weight is 277 g/mol. The van der Waals surface area contributed by atoms with Gasteiger partial charge in [-0.1, -0.05) is 0 Å². The van der Waals surface area contributed by atoms with Crippen LogP contribution in [0.1, 0.15) is 5.56 Å². The minimum absolute atomic E-state index is 0.562. The van der Waals surface area contributed by atoms with E-state index in [-0.39, 0.29) is 0 Å². The molecule has 0 N–H and O–H groups in total. The molecule has 0 aliphatic heterocycles. The normalized spacial score (nSPS) is 10.6. The van der Waals surface area contributed by atoms with Gasteiger partial charge in [0.15, 0.2) is 17.5 Å². The maximum atomic E-state index is 12.9. The van der Waals surface area contributed by atoms with Crippen molar-refractivity contribution in [3.05, 3.63) is 33.3 Å². The maximum absolute atomic E-state index is 12.9. The van der Waals surface area contributed by atoms with Gasteiger partial charge in [-0.05, 0) is 15.9 Å². The SMILES string of the molecule is Fc1c(F)c(Br)c(F)c(CCl)c1F. The number of hydrogen-bond donors (Lipinski definition) is 0. The highest BCUT2D eigenvalue weighted by molar-refractivity contribution is 9.10. The third kappa shape index (κ3) is 1.67. The molecule has 0 nitrogen and oxygen atoms in total. The molecule has 0 saturated carbocycles. The van der Waals surface area contributed by atoms with Crippen LogP contribution in [0, 0.1) is 23.3 Å². The second-order valence-corrected chi connectivity index (χ2v) is 3.24. The van der Waals surface area contributed by atoms with Gasteiger partial charge in [0.05, 0.1) is 10.4 Å². The van der Waals surface area contributed by atoms with Gasteiger partial charge in [0.2, 0.25) is 0 Å². The largest absolute Gasteiger partial charge is 0.205 e.